The molecule has 0 spiro atoms. The lowest BCUT2D eigenvalue weighted by Crippen LogP contribution is -2.51. The summed E-state index contributed by atoms with van der Waals surface area (Å²) in [5.74, 6) is 3.00. The SMILES string of the molecule is Cc1nn(-c2ncc(NC(=O)C34CC5CC(CC(C5)C3)C4)cn2)c(C)c1C. The van der Waals surface area contributed by atoms with Gasteiger partial charge in [-0.05, 0) is 82.6 Å². The van der Waals surface area contributed by atoms with Crippen LogP contribution in [0.1, 0.15) is 55.5 Å². The van der Waals surface area contributed by atoms with E-state index in [4.69, 9.17) is 0 Å². The predicted octanol–water partition coefficient (Wildman–Crippen LogP) is 3.74. The van der Waals surface area contributed by atoms with E-state index in [0.717, 1.165) is 54.0 Å². The van der Waals surface area contributed by atoms with E-state index in [2.05, 4.69) is 20.4 Å². The van der Waals surface area contributed by atoms with Crippen LogP contribution < -0.4 is 5.32 Å². The van der Waals surface area contributed by atoms with Crippen molar-refractivity contribution in [3.63, 3.8) is 0 Å². The number of carbonyl (C=O) groups is 1. The number of aromatic nitrogens is 4. The van der Waals surface area contributed by atoms with Crippen molar-refractivity contribution in [2.45, 2.75) is 59.3 Å². The fraction of sp³-hybridized carbons (Fsp3) is 0.619. The third kappa shape index (κ3) is 2.68. The normalized spacial score (nSPS) is 31.3. The van der Waals surface area contributed by atoms with Crippen LogP contribution in [0.4, 0.5) is 5.69 Å². The molecule has 142 valence electrons. The Balaban J connectivity index is 1.34. The summed E-state index contributed by atoms with van der Waals surface area (Å²) in [6.07, 6.45) is 10.6. The van der Waals surface area contributed by atoms with Gasteiger partial charge in [0.05, 0.1) is 29.2 Å². The molecule has 6 nitrogen and oxygen atoms in total. The zero-order chi connectivity index (χ0) is 18.8. The van der Waals surface area contributed by atoms with Gasteiger partial charge in [0.15, 0.2) is 0 Å². The van der Waals surface area contributed by atoms with E-state index in [1.54, 1.807) is 17.1 Å². The topological polar surface area (TPSA) is 72.7 Å². The molecule has 27 heavy (non-hydrogen) atoms. The Bertz CT molecular complexity index is 863. The summed E-state index contributed by atoms with van der Waals surface area (Å²) in [6, 6.07) is 0. The van der Waals surface area contributed by atoms with Gasteiger partial charge in [-0.2, -0.15) is 5.10 Å². The molecule has 4 fully saturated rings. The number of nitrogens with one attached hydrogen (secondary N) is 1. The van der Waals surface area contributed by atoms with Gasteiger partial charge in [-0.3, -0.25) is 4.79 Å². The fourth-order valence-electron chi connectivity index (χ4n) is 6.06. The van der Waals surface area contributed by atoms with Gasteiger partial charge in [-0.1, -0.05) is 0 Å². The van der Waals surface area contributed by atoms with E-state index >= 15 is 0 Å². The lowest BCUT2D eigenvalue weighted by atomic mass is 9.49. The molecule has 1 amide bonds. The number of carbonyl (C=O) groups excluding carboxylic acids is 1. The molecule has 2 aromatic rings. The Hall–Kier alpha value is -2.24. The second kappa shape index (κ2) is 5.88. The molecule has 4 aliphatic carbocycles. The zero-order valence-corrected chi connectivity index (χ0v) is 16.3. The van der Waals surface area contributed by atoms with Crippen LogP contribution in [0.25, 0.3) is 5.95 Å². The van der Waals surface area contributed by atoms with E-state index in [1.165, 1.54) is 19.3 Å². The van der Waals surface area contributed by atoms with Crippen molar-refractivity contribution in [1.29, 1.82) is 0 Å². The standard InChI is InChI=1S/C21H27N5O/c1-12-13(2)25-26(14(12)3)20-22-10-18(11-23-20)24-19(27)21-7-15-4-16(8-21)6-17(5-15)9-21/h10-11,15-17H,4-9H2,1-3H3,(H,24,27). The van der Waals surface area contributed by atoms with Crippen LogP contribution in [-0.4, -0.2) is 25.7 Å². The molecule has 4 aliphatic rings. The van der Waals surface area contributed by atoms with Crippen LogP contribution in [0.15, 0.2) is 12.4 Å². The quantitative estimate of drug-likeness (QED) is 0.899. The first kappa shape index (κ1) is 16.9. The molecule has 1 N–H and O–H groups in total. The van der Waals surface area contributed by atoms with Crippen LogP contribution in [0.3, 0.4) is 0 Å². The van der Waals surface area contributed by atoms with Gasteiger partial charge in [-0.15, -0.1) is 0 Å². The smallest absolute Gasteiger partial charge is 0.250 e. The zero-order valence-electron chi connectivity index (χ0n) is 16.3. The lowest BCUT2D eigenvalue weighted by Gasteiger charge is -2.55. The Labute approximate surface area is 159 Å². The number of amides is 1. The predicted molar refractivity (Wildman–Crippen MR) is 103 cm³/mol. The highest BCUT2D eigenvalue weighted by Crippen LogP contribution is 2.60. The largest absolute Gasteiger partial charge is 0.323 e. The highest BCUT2D eigenvalue weighted by Gasteiger charge is 2.54. The number of hydrogen-bond donors (Lipinski definition) is 1. The maximum atomic E-state index is 13.1. The van der Waals surface area contributed by atoms with Crippen LogP contribution in [0.5, 0.6) is 0 Å². The molecule has 6 heteroatoms. The van der Waals surface area contributed by atoms with Crippen molar-refractivity contribution in [3.8, 4) is 5.95 Å². The molecule has 0 saturated heterocycles. The summed E-state index contributed by atoms with van der Waals surface area (Å²) in [6.45, 7) is 6.05. The molecule has 6 rings (SSSR count). The van der Waals surface area contributed by atoms with Gasteiger partial charge in [0.1, 0.15) is 0 Å². The van der Waals surface area contributed by atoms with Gasteiger partial charge < -0.3 is 5.32 Å². The van der Waals surface area contributed by atoms with Crippen LogP contribution in [-0.2, 0) is 4.79 Å². The molecule has 2 aromatic heterocycles. The molecule has 4 saturated carbocycles. The van der Waals surface area contributed by atoms with Gasteiger partial charge >= 0.3 is 0 Å². The molecule has 0 aliphatic heterocycles. The summed E-state index contributed by atoms with van der Waals surface area (Å²) < 4.78 is 1.76. The van der Waals surface area contributed by atoms with Crippen LogP contribution in [0.2, 0.25) is 0 Å². The lowest BCUT2D eigenvalue weighted by molar-refractivity contribution is -0.140. The molecular weight excluding hydrogens is 338 g/mol. The molecule has 4 bridgehead atoms. The average Bonchev–Trinajstić information content (AvgIpc) is 2.89. The Morgan fingerprint density at radius 2 is 1.59 bits per heavy atom. The number of nitrogens with zero attached hydrogens (tertiary/aromatic N) is 4. The number of aryl methyl sites for hydroxylation is 1. The van der Waals surface area contributed by atoms with Crippen molar-refractivity contribution in [3.05, 3.63) is 29.3 Å². The molecule has 2 heterocycles. The Morgan fingerprint density at radius 3 is 2.07 bits per heavy atom. The fourth-order valence-corrected chi connectivity index (χ4v) is 6.06. The van der Waals surface area contributed by atoms with Gasteiger partial charge in [0, 0.05) is 5.69 Å². The van der Waals surface area contributed by atoms with Crippen LogP contribution in [0, 0.1) is 43.9 Å². The van der Waals surface area contributed by atoms with Gasteiger partial charge in [-0.25, -0.2) is 14.6 Å². The van der Waals surface area contributed by atoms with E-state index < -0.39 is 0 Å². The third-order valence-corrected chi connectivity index (χ3v) is 7.26. The second-order valence-corrected chi connectivity index (χ2v) is 9.13. The molecular formula is C21H27N5O. The van der Waals surface area contributed by atoms with Crippen molar-refractivity contribution >= 4 is 11.6 Å². The first-order chi connectivity index (χ1) is 12.9. The van der Waals surface area contributed by atoms with Crippen molar-refractivity contribution in [2.24, 2.45) is 23.2 Å². The van der Waals surface area contributed by atoms with Crippen molar-refractivity contribution in [1.82, 2.24) is 19.7 Å². The van der Waals surface area contributed by atoms with Crippen molar-refractivity contribution < 1.29 is 4.79 Å². The highest BCUT2D eigenvalue weighted by atomic mass is 16.2. The first-order valence-electron chi connectivity index (χ1n) is 10.1. The van der Waals surface area contributed by atoms with Gasteiger partial charge in [0.25, 0.3) is 5.95 Å². The minimum absolute atomic E-state index is 0.153. The number of anilines is 1. The minimum atomic E-state index is -0.153. The number of rotatable bonds is 3. The monoisotopic (exact) mass is 365 g/mol. The minimum Gasteiger partial charge on any atom is -0.323 e. The van der Waals surface area contributed by atoms with E-state index in [-0.39, 0.29) is 11.3 Å². The average molecular weight is 365 g/mol. The van der Waals surface area contributed by atoms with E-state index in [1.807, 2.05) is 20.8 Å². The molecule has 0 atom stereocenters. The summed E-state index contributed by atoms with van der Waals surface area (Å²) in [4.78, 5) is 22.0. The third-order valence-electron chi connectivity index (χ3n) is 7.26. The molecule has 0 unspecified atom stereocenters. The second-order valence-electron chi connectivity index (χ2n) is 9.13. The van der Waals surface area contributed by atoms with Crippen molar-refractivity contribution in [2.75, 3.05) is 5.32 Å². The Morgan fingerprint density at radius 1 is 1.04 bits per heavy atom. The summed E-state index contributed by atoms with van der Waals surface area (Å²) in [7, 11) is 0. The van der Waals surface area contributed by atoms with E-state index in [9.17, 15) is 4.79 Å². The van der Waals surface area contributed by atoms with Crippen LogP contribution >= 0.6 is 0 Å². The van der Waals surface area contributed by atoms with E-state index in [0.29, 0.717) is 11.6 Å². The molecule has 0 aromatic carbocycles. The number of hydrogen-bond acceptors (Lipinski definition) is 4. The first-order valence-corrected chi connectivity index (χ1v) is 10.1. The summed E-state index contributed by atoms with van der Waals surface area (Å²) >= 11 is 0. The Kier molecular flexibility index (Phi) is 3.68. The maximum absolute atomic E-state index is 13.1. The summed E-state index contributed by atoms with van der Waals surface area (Å²) in [5, 5.41) is 7.62. The maximum Gasteiger partial charge on any atom is 0.250 e. The molecule has 0 radical (unpaired) electrons. The van der Waals surface area contributed by atoms with Gasteiger partial charge in [0.2, 0.25) is 5.91 Å². The highest BCUT2D eigenvalue weighted by molar-refractivity contribution is 5.95. The summed E-state index contributed by atoms with van der Waals surface area (Å²) in [5.41, 5.74) is 3.70.